The molecule has 0 bridgehead atoms. The van der Waals surface area contributed by atoms with E-state index in [4.69, 9.17) is 0 Å². The second kappa shape index (κ2) is 4.04. The summed E-state index contributed by atoms with van der Waals surface area (Å²) in [6.07, 6.45) is 3.72. The van der Waals surface area contributed by atoms with Gasteiger partial charge in [-0.2, -0.15) is 0 Å². The molecule has 0 aromatic carbocycles. The molecular weight excluding hydrogens is 188 g/mol. The minimum atomic E-state index is 0.235. The Balaban J connectivity index is 2.07. The van der Waals surface area contributed by atoms with Crippen molar-refractivity contribution < 1.29 is 5.11 Å². The Labute approximate surface area is 93.1 Å². The molecule has 2 fully saturated rings. The molecule has 1 saturated heterocycles. The van der Waals surface area contributed by atoms with Gasteiger partial charge in [0.15, 0.2) is 0 Å². The Morgan fingerprint density at radius 2 is 2.13 bits per heavy atom. The van der Waals surface area contributed by atoms with Crippen molar-refractivity contribution in [2.24, 2.45) is 11.3 Å². The fraction of sp³-hybridized carbons (Fsp3) is 1.00. The van der Waals surface area contributed by atoms with Crippen LogP contribution in [-0.4, -0.2) is 61.8 Å². The topological polar surface area (TPSA) is 26.7 Å². The zero-order valence-corrected chi connectivity index (χ0v) is 10.2. The maximum absolute atomic E-state index is 9.56. The number of likely N-dealkylation sites (tertiary alicyclic amines) is 1. The third-order valence-corrected chi connectivity index (χ3v) is 4.27. The molecule has 3 heteroatoms. The minimum absolute atomic E-state index is 0.235. The van der Waals surface area contributed by atoms with Crippen molar-refractivity contribution in [1.29, 1.82) is 0 Å². The third-order valence-electron chi connectivity index (χ3n) is 4.27. The molecule has 15 heavy (non-hydrogen) atoms. The van der Waals surface area contributed by atoms with Crippen molar-refractivity contribution >= 4 is 0 Å². The van der Waals surface area contributed by atoms with Gasteiger partial charge in [0.2, 0.25) is 0 Å². The van der Waals surface area contributed by atoms with Crippen LogP contribution in [0, 0.1) is 11.3 Å². The molecule has 0 spiro atoms. The van der Waals surface area contributed by atoms with Gasteiger partial charge in [0.1, 0.15) is 0 Å². The maximum atomic E-state index is 9.56. The molecule has 0 aromatic heterocycles. The summed E-state index contributed by atoms with van der Waals surface area (Å²) in [4.78, 5) is 4.75. The molecule has 0 radical (unpaired) electrons. The van der Waals surface area contributed by atoms with Gasteiger partial charge >= 0.3 is 0 Å². The monoisotopic (exact) mass is 212 g/mol. The second-order valence-electron chi connectivity index (χ2n) is 5.74. The van der Waals surface area contributed by atoms with Crippen LogP contribution in [0.1, 0.15) is 19.3 Å². The zero-order chi connectivity index (χ0) is 11.1. The van der Waals surface area contributed by atoms with Gasteiger partial charge < -0.3 is 14.9 Å². The molecule has 2 unspecified atom stereocenters. The molecule has 1 N–H and O–H groups in total. The second-order valence-corrected chi connectivity index (χ2v) is 5.74. The maximum Gasteiger partial charge on any atom is 0.0502 e. The van der Waals surface area contributed by atoms with Crippen LogP contribution >= 0.6 is 0 Å². The lowest BCUT2D eigenvalue weighted by molar-refractivity contribution is 0.0769. The van der Waals surface area contributed by atoms with Gasteiger partial charge in [0, 0.05) is 18.0 Å². The van der Waals surface area contributed by atoms with E-state index in [2.05, 4.69) is 30.9 Å². The average Bonchev–Trinajstić information content (AvgIpc) is 2.84. The van der Waals surface area contributed by atoms with Gasteiger partial charge in [0.05, 0.1) is 6.61 Å². The van der Waals surface area contributed by atoms with E-state index in [1.165, 1.54) is 32.4 Å². The Morgan fingerprint density at radius 3 is 2.47 bits per heavy atom. The number of nitrogens with zero attached hydrogens (tertiary/aromatic N) is 2. The molecule has 1 aliphatic carbocycles. The lowest BCUT2D eigenvalue weighted by Crippen LogP contribution is -2.45. The van der Waals surface area contributed by atoms with Gasteiger partial charge in [-0.25, -0.2) is 0 Å². The van der Waals surface area contributed by atoms with E-state index < -0.39 is 0 Å². The highest BCUT2D eigenvalue weighted by Crippen LogP contribution is 2.52. The third kappa shape index (κ3) is 2.05. The van der Waals surface area contributed by atoms with Crippen LogP contribution in [0.25, 0.3) is 0 Å². The highest BCUT2D eigenvalue weighted by Gasteiger charge is 2.53. The summed E-state index contributed by atoms with van der Waals surface area (Å²) in [5.41, 5.74) is 0.235. The number of aliphatic hydroxyl groups excluding tert-OH is 1. The van der Waals surface area contributed by atoms with Crippen LogP contribution < -0.4 is 0 Å². The summed E-state index contributed by atoms with van der Waals surface area (Å²) in [6.45, 7) is 2.79. The summed E-state index contributed by atoms with van der Waals surface area (Å²) in [6, 6.07) is 0.576. The van der Waals surface area contributed by atoms with E-state index in [0.29, 0.717) is 12.6 Å². The van der Waals surface area contributed by atoms with E-state index in [1.54, 1.807) is 0 Å². The van der Waals surface area contributed by atoms with Crippen molar-refractivity contribution in [2.45, 2.75) is 25.3 Å². The van der Waals surface area contributed by atoms with Crippen molar-refractivity contribution in [1.82, 2.24) is 9.80 Å². The van der Waals surface area contributed by atoms with Crippen molar-refractivity contribution in [2.75, 3.05) is 40.8 Å². The molecule has 88 valence electrons. The quantitative estimate of drug-likeness (QED) is 0.741. The molecular formula is C12H24N2O. The minimum Gasteiger partial charge on any atom is -0.396 e. The molecule has 1 saturated carbocycles. The molecule has 1 heterocycles. The smallest absolute Gasteiger partial charge is 0.0502 e. The first-order chi connectivity index (χ1) is 7.09. The molecule has 0 aromatic rings. The standard InChI is InChI=1S/C12H24N2O/c1-13(2)11(12(9-15)5-6-12)10-4-7-14(3)8-10/h10-11,15H,4-9H2,1-3H3. The van der Waals surface area contributed by atoms with Crippen molar-refractivity contribution in [3.05, 3.63) is 0 Å². The number of aliphatic hydroxyl groups is 1. The first-order valence-electron chi connectivity index (χ1n) is 6.05. The normalized spacial score (nSPS) is 32.2. The van der Waals surface area contributed by atoms with E-state index >= 15 is 0 Å². The van der Waals surface area contributed by atoms with Crippen LogP contribution in [0.4, 0.5) is 0 Å². The number of hydrogen-bond donors (Lipinski definition) is 1. The number of hydrogen-bond acceptors (Lipinski definition) is 3. The van der Waals surface area contributed by atoms with Crippen LogP contribution in [-0.2, 0) is 0 Å². The summed E-state index contributed by atoms with van der Waals surface area (Å²) >= 11 is 0. The lowest BCUT2D eigenvalue weighted by atomic mass is 9.84. The van der Waals surface area contributed by atoms with E-state index in [1.807, 2.05) is 0 Å². The Hall–Kier alpha value is -0.120. The van der Waals surface area contributed by atoms with Crippen LogP contribution in [0.15, 0.2) is 0 Å². The Kier molecular flexibility index (Phi) is 3.06. The predicted octanol–water partition coefficient (Wildman–Crippen LogP) is 0.641. The highest BCUT2D eigenvalue weighted by molar-refractivity contribution is 5.05. The molecule has 0 amide bonds. The van der Waals surface area contributed by atoms with E-state index in [-0.39, 0.29) is 5.41 Å². The first-order valence-corrected chi connectivity index (χ1v) is 6.05. The van der Waals surface area contributed by atoms with Crippen LogP contribution in [0.3, 0.4) is 0 Å². The van der Waals surface area contributed by atoms with Crippen LogP contribution in [0.2, 0.25) is 0 Å². The fourth-order valence-electron chi connectivity index (χ4n) is 3.40. The molecule has 2 aliphatic rings. The SMILES string of the molecule is CN1CCC(C(N(C)C)C2(CO)CC2)C1. The molecule has 1 aliphatic heterocycles. The Morgan fingerprint density at radius 1 is 1.47 bits per heavy atom. The summed E-state index contributed by atoms with van der Waals surface area (Å²) in [7, 11) is 6.53. The van der Waals surface area contributed by atoms with Gasteiger partial charge in [0.25, 0.3) is 0 Å². The largest absolute Gasteiger partial charge is 0.396 e. The Bertz CT molecular complexity index is 226. The van der Waals surface area contributed by atoms with Crippen molar-refractivity contribution in [3.8, 4) is 0 Å². The van der Waals surface area contributed by atoms with Gasteiger partial charge in [-0.15, -0.1) is 0 Å². The summed E-state index contributed by atoms with van der Waals surface area (Å²) in [5.74, 6) is 0.750. The average molecular weight is 212 g/mol. The van der Waals surface area contributed by atoms with E-state index in [9.17, 15) is 5.11 Å². The number of rotatable bonds is 4. The first kappa shape index (κ1) is 11.4. The lowest BCUT2D eigenvalue weighted by Gasteiger charge is -2.36. The molecule has 2 atom stereocenters. The van der Waals surface area contributed by atoms with Gasteiger partial charge in [-0.1, -0.05) is 0 Å². The van der Waals surface area contributed by atoms with Crippen LogP contribution in [0.5, 0.6) is 0 Å². The van der Waals surface area contributed by atoms with Crippen molar-refractivity contribution in [3.63, 3.8) is 0 Å². The fourth-order valence-corrected chi connectivity index (χ4v) is 3.40. The summed E-state index contributed by atoms with van der Waals surface area (Å²) < 4.78 is 0. The molecule has 3 nitrogen and oxygen atoms in total. The molecule has 2 rings (SSSR count). The summed E-state index contributed by atoms with van der Waals surface area (Å²) in [5, 5.41) is 9.56. The van der Waals surface area contributed by atoms with E-state index in [0.717, 1.165) is 5.92 Å². The van der Waals surface area contributed by atoms with Gasteiger partial charge in [-0.3, -0.25) is 0 Å². The highest BCUT2D eigenvalue weighted by atomic mass is 16.3. The zero-order valence-electron chi connectivity index (χ0n) is 10.2. The van der Waals surface area contributed by atoms with Gasteiger partial charge in [-0.05, 0) is 52.9 Å². The predicted molar refractivity (Wildman–Crippen MR) is 61.8 cm³/mol.